The molecule has 172 valence electrons. The standard InChI is InChI=1S/C21H35N7O2S/c1-3-31(30)18-7-4-6-17(16-18)26-20(22-2)23-11-8-19(29)27-12-14-28(15-13-27)21-24-9-5-10-25-21/h5,9-10,17-18H,3-4,6-8,11-16H2,1-2H3,(H2,22,23,26). The number of piperazine rings is 1. The zero-order valence-corrected chi connectivity index (χ0v) is 19.4. The van der Waals surface area contributed by atoms with Crippen molar-refractivity contribution in [2.24, 2.45) is 4.99 Å². The Balaban J connectivity index is 1.37. The molecule has 1 saturated heterocycles. The third-order valence-corrected chi connectivity index (χ3v) is 7.69. The van der Waals surface area contributed by atoms with Crippen molar-refractivity contribution in [3.63, 3.8) is 0 Å². The van der Waals surface area contributed by atoms with Gasteiger partial charge in [0.15, 0.2) is 5.96 Å². The zero-order chi connectivity index (χ0) is 22.1. The Hall–Kier alpha value is -2.23. The molecule has 1 aromatic heterocycles. The number of aromatic nitrogens is 2. The van der Waals surface area contributed by atoms with Gasteiger partial charge in [0.25, 0.3) is 0 Å². The zero-order valence-electron chi connectivity index (χ0n) is 18.6. The lowest BCUT2D eigenvalue weighted by Gasteiger charge is -2.34. The number of carbonyl (C=O) groups is 1. The maximum absolute atomic E-state index is 12.6. The van der Waals surface area contributed by atoms with Crippen molar-refractivity contribution in [1.82, 2.24) is 25.5 Å². The van der Waals surface area contributed by atoms with Crippen LogP contribution in [0.2, 0.25) is 0 Å². The Bertz CT molecular complexity index is 753. The SMILES string of the molecule is CCS(=O)C1CCCC(NC(=NC)NCCC(=O)N2CCN(c3ncccn3)CC2)C1. The smallest absolute Gasteiger partial charge is 0.225 e. The lowest BCUT2D eigenvalue weighted by molar-refractivity contribution is -0.131. The van der Waals surface area contributed by atoms with E-state index in [1.165, 1.54) is 0 Å². The van der Waals surface area contributed by atoms with E-state index in [4.69, 9.17) is 0 Å². The topological polar surface area (TPSA) is 103 Å². The van der Waals surface area contributed by atoms with Gasteiger partial charge in [-0.1, -0.05) is 13.3 Å². The molecule has 1 aromatic rings. The van der Waals surface area contributed by atoms with Crippen molar-refractivity contribution in [1.29, 1.82) is 0 Å². The third kappa shape index (κ3) is 6.88. The van der Waals surface area contributed by atoms with Gasteiger partial charge in [0, 0.05) is 86.4 Å². The van der Waals surface area contributed by atoms with E-state index in [2.05, 4.69) is 30.5 Å². The van der Waals surface area contributed by atoms with Crippen LogP contribution in [0.5, 0.6) is 0 Å². The van der Waals surface area contributed by atoms with Crippen molar-refractivity contribution < 1.29 is 9.00 Å². The summed E-state index contributed by atoms with van der Waals surface area (Å²) in [6, 6.07) is 2.09. The van der Waals surface area contributed by atoms with Crippen molar-refractivity contribution in [2.45, 2.75) is 50.3 Å². The number of nitrogens with one attached hydrogen (secondary N) is 2. The van der Waals surface area contributed by atoms with Crippen LogP contribution < -0.4 is 15.5 Å². The molecule has 0 aromatic carbocycles. The number of rotatable bonds is 7. The number of amides is 1. The van der Waals surface area contributed by atoms with Crippen molar-refractivity contribution in [3.05, 3.63) is 18.5 Å². The molecule has 1 amide bonds. The average molecular weight is 450 g/mol. The first kappa shape index (κ1) is 23.4. The molecule has 3 rings (SSSR count). The van der Waals surface area contributed by atoms with Crippen LogP contribution >= 0.6 is 0 Å². The molecule has 9 nitrogen and oxygen atoms in total. The molecule has 0 spiro atoms. The van der Waals surface area contributed by atoms with Gasteiger partial charge >= 0.3 is 0 Å². The Morgan fingerprint density at radius 1 is 1.23 bits per heavy atom. The van der Waals surface area contributed by atoms with Crippen molar-refractivity contribution >= 4 is 28.6 Å². The van der Waals surface area contributed by atoms with Crippen molar-refractivity contribution in [3.8, 4) is 0 Å². The molecule has 1 saturated carbocycles. The van der Waals surface area contributed by atoms with Gasteiger partial charge in [-0.25, -0.2) is 9.97 Å². The van der Waals surface area contributed by atoms with E-state index in [0.717, 1.165) is 50.5 Å². The molecule has 2 fully saturated rings. The minimum absolute atomic E-state index is 0.146. The van der Waals surface area contributed by atoms with E-state index in [9.17, 15) is 9.00 Å². The monoisotopic (exact) mass is 449 g/mol. The van der Waals surface area contributed by atoms with Gasteiger partial charge in [-0.3, -0.25) is 14.0 Å². The van der Waals surface area contributed by atoms with Gasteiger partial charge in [-0.05, 0) is 25.3 Å². The van der Waals surface area contributed by atoms with E-state index in [1.54, 1.807) is 25.5 Å². The second-order valence-corrected chi connectivity index (χ2v) is 9.97. The molecule has 3 unspecified atom stereocenters. The summed E-state index contributed by atoms with van der Waals surface area (Å²) in [6.45, 7) is 5.38. The van der Waals surface area contributed by atoms with Gasteiger partial charge in [0.2, 0.25) is 11.9 Å². The summed E-state index contributed by atoms with van der Waals surface area (Å²) < 4.78 is 12.2. The second kappa shape index (κ2) is 12.0. The number of guanidine groups is 1. The number of nitrogens with zero attached hydrogens (tertiary/aromatic N) is 5. The molecule has 31 heavy (non-hydrogen) atoms. The highest BCUT2D eigenvalue weighted by molar-refractivity contribution is 7.85. The van der Waals surface area contributed by atoms with E-state index in [0.29, 0.717) is 32.0 Å². The predicted molar refractivity (Wildman–Crippen MR) is 125 cm³/mol. The number of hydrogen-bond donors (Lipinski definition) is 2. The fourth-order valence-electron chi connectivity index (χ4n) is 4.19. The van der Waals surface area contributed by atoms with Crippen LogP contribution in [0.3, 0.4) is 0 Å². The van der Waals surface area contributed by atoms with Crippen molar-refractivity contribution in [2.75, 3.05) is 50.4 Å². The van der Waals surface area contributed by atoms with Crippen LogP contribution in [-0.4, -0.2) is 87.8 Å². The normalized spacial score (nSPS) is 23.4. The quantitative estimate of drug-likeness (QED) is 0.468. The summed E-state index contributed by atoms with van der Waals surface area (Å²) in [7, 11) is 1.00. The average Bonchev–Trinajstić information content (AvgIpc) is 2.83. The number of carbonyl (C=O) groups excluding carboxylic acids is 1. The molecule has 1 aliphatic carbocycles. The highest BCUT2D eigenvalue weighted by atomic mass is 32.2. The summed E-state index contributed by atoms with van der Waals surface area (Å²) in [5.41, 5.74) is 0. The molecule has 3 atom stereocenters. The maximum atomic E-state index is 12.6. The largest absolute Gasteiger partial charge is 0.356 e. The lowest BCUT2D eigenvalue weighted by Crippen LogP contribution is -2.50. The highest BCUT2D eigenvalue weighted by Crippen LogP contribution is 2.23. The first-order chi connectivity index (χ1) is 15.1. The van der Waals surface area contributed by atoms with Crippen LogP contribution in [-0.2, 0) is 15.6 Å². The number of anilines is 1. The van der Waals surface area contributed by atoms with Crippen LogP contribution in [0, 0.1) is 0 Å². The van der Waals surface area contributed by atoms with Crippen LogP contribution in [0.15, 0.2) is 23.5 Å². The minimum atomic E-state index is -0.742. The van der Waals surface area contributed by atoms with E-state index >= 15 is 0 Å². The summed E-state index contributed by atoms with van der Waals surface area (Å²) in [4.78, 5) is 29.5. The van der Waals surface area contributed by atoms with E-state index in [1.807, 2.05) is 11.8 Å². The first-order valence-electron chi connectivity index (χ1n) is 11.2. The van der Waals surface area contributed by atoms with E-state index in [-0.39, 0.29) is 17.2 Å². The number of hydrogen-bond acceptors (Lipinski definition) is 6. The van der Waals surface area contributed by atoms with Gasteiger partial charge in [0.05, 0.1) is 0 Å². The molecule has 2 heterocycles. The van der Waals surface area contributed by atoms with E-state index < -0.39 is 10.8 Å². The van der Waals surface area contributed by atoms with Crippen LogP contribution in [0.25, 0.3) is 0 Å². The van der Waals surface area contributed by atoms with Gasteiger partial charge < -0.3 is 20.4 Å². The molecule has 10 heteroatoms. The van der Waals surface area contributed by atoms with Gasteiger partial charge in [-0.15, -0.1) is 0 Å². The Kier molecular flexibility index (Phi) is 9.05. The van der Waals surface area contributed by atoms with Crippen LogP contribution in [0.1, 0.15) is 39.0 Å². The Labute approximate surface area is 187 Å². The van der Waals surface area contributed by atoms with Crippen LogP contribution in [0.4, 0.5) is 5.95 Å². The molecule has 2 N–H and O–H groups in total. The summed E-state index contributed by atoms with van der Waals surface area (Å²) in [6.07, 6.45) is 8.01. The van der Waals surface area contributed by atoms with Gasteiger partial charge in [0.1, 0.15) is 0 Å². The molecule has 1 aliphatic heterocycles. The van der Waals surface area contributed by atoms with Gasteiger partial charge in [-0.2, -0.15) is 0 Å². The maximum Gasteiger partial charge on any atom is 0.225 e. The molecule has 2 aliphatic rings. The minimum Gasteiger partial charge on any atom is -0.356 e. The summed E-state index contributed by atoms with van der Waals surface area (Å²) in [5.74, 6) is 2.30. The fraction of sp³-hybridized carbons (Fsp3) is 0.714. The lowest BCUT2D eigenvalue weighted by atomic mass is 9.95. The Morgan fingerprint density at radius 2 is 1.97 bits per heavy atom. The highest BCUT2D eigenvalue weighted by Gasteiger charge is 2.26. The number of aliphatic imine (C=N–C) groups is 1. The Morgan fingerprint density at radius 3 is 2.65 bits per heavy atom. The fourth-order valence-corrected chi connectivity index (χ4v) is 5.54. The molecule has 0 radical (unpaired) electrons. The molecular formula is C21H35N7O2S. The molecule has 0 bridgehead atoms. The summed E-state index contributed by atoms with van der Waals surface area (Å²) in [5, 5.41) is 6.99. The summed E-state index contributed by atoms with van der Waals surface area (Å²) >= 11 is 0. The second-order valence-electron chi connectivity index (χ2n) is 7.96. The molecular weight excluding hydrogens is 414 g/mol. The first-order valence-corrected chi connectivity index (χ1v) is 12.6. The predicted octanol–water partition coefficient (Wildman–Crippen LogP) is 0.760. The third-order valence-electron chi connectivity index (χ3n) is 5.95.